The predicted molar refractivity (Wildman–Crippen MR) is 151 cm³/mol. The molecule has 216 valence electrons. The highest BCUT2D eigenvalue weighted by Gasteiger charge is 2.40. The number of likely N-dealkylation sites (tertiary alicyclic amines) is 1. The van der Waals surface area contributed by atoms with Gasteiger partial charge in [0, 0.05) is 59.7 Å². The number of hydrogen-bond donors (Lipinski definition) is 0. The van der Waals surface area contributed by atoms with Crippen LogP contribution in [0.1, 0.15) is 47.6 Å². The van der Waals surface area contributed by atoms with E-state index in [1.807, 2.05) is 31.2 Å². The molecule has 0 radical (unpaired) electrons. The molecule has 6 rings (SSSR count). The first-order valence-electron chi connectivity index (χ1n) is 14.0. The molecule has 42 heavy (non-hydrogen) atoms. The van der Waals surface area contributed by atoms with Crippen LogP contribution >= 0.6 is 0 Å². The fourth-order valence-corrected chi connectivity index (χ4v) is 6.26. The molecule has 1 unspecified atom stereocenters. The zero-order valence-corrected chi connectivity index (χ0v) is 23.7. The van der Waals surface area contributed by atoms with E-state index in [2.05, 4.69) is 15.3 Å². The molecule has 4 heterocycles. The smallest absolute Gasteiger partial charge is 0.243 e. The van der Waals surface area contributed by atoms with Gasteiger partial charge in [-0.3, -0.25) is 23.9 Å². The van der Waals surface area contributed by atoms with Crippen molar-refractivity contribution in [1.82, 2.24) is 29.4 Å². The lowest BCUT2D eigenvalue weighted by molar-refractivity contribution is -0.137. The molecule has 1 fully saturated rings. The molecule has 10 nitrogen and oxygen atoms in total. The van der Waals surface area contributed by atoms with Crippen LogP contribution in [-0.2, 0) is 47.2 Å². The first kappa shape index (κ1) is 27.6. The van der Waals surface area contributed by atoms with Gasteiger partial charge in [0.1, 0.15) is 18.5 Å². The fourth-order valence-electron chi connectivity index (χ4n) is 6.26. The lowest BCUT2D eigenvalue weighted by Gasteiger charge is -2.24. The largest absolute Gasteiger partial charge is 0.337 e. The van der Waals surface area contributed by atoms with Crippen molar-refractivity contribution in [3.05, 3.63) is 65.4 Å². The molecule has 0 bridgehead atoms. The zero-order chi connectivity index (χ0) is 29.7. The Morgan fingerprint density at radius 2 is 1.93 bits per heavy atom. The van der Waals surface area contributed by atoms with Crippen LogP contribution in [0.5, 0.6) is 0 Å². The normalized spacial score (nSPS) is 20.2. The number of rotatable bonds is 7. The van der Waals surface area contributed by atoms with Crippen molar-refractivity contribution >= 4 is 34.2 Å². The molecule has 1 aliphatic heterocycles. The molecule has 1 saturated heterocycles. The zero-order valence-electron chi connectivity index (χ0n) is 23.7. The van der Waals surface area contributed by atoms with E-state index in [1.54, 1.807) is 34.9 Å². The van der Waals surface area contributed by atoms with E-state index < -0.39 is 18.1 Å². The second kappa shape index (κ2) is 10.7. The average Bonchev–Trinajstić information content (AvgIpc) is 3.63. The summed E-state index contributed by atoms with van der Waals surface area (Å²) < 4.78 is 18.0. The third-order valence-electron chi connectivity index (χ3n) is 8.53. The van der Waals surface area contributed by atoms with Crippen molar-refractivity contribution in [1.29, 1.82) is 0 Å². The number of benzene rings is 1. The quantitative estimate of drug-likeness (QED) is 0.313. The Bertz CT molecular complexity index is 1740. The van der Waals surface area contributed by atoms with Crippen LogP contribution in [0, 0.1) is 5.92 Å². The van der Waals surface area contributed by atoms with Crippen molar-refractivity contribution in [2.45, 2.75) is 58.3 Å². The highest BCUT2D eigenvalue weighted by molar-refractivity contribution is 6.08. The number of aryl methyl sites for hydroxylation is 1. The number of halogens is 1. The lowest BCUT2D eigenvalue weighted by Crippen LogP contribution is -2.43. The minimum atomic E-state index is -1.32. The second-order valence-electron chi connectivity index (χ2n) is 11.4. The Labute approximate surface area is 241 Å². The monoisotopic (exact) mass is 570 g/mol. The maximum absolute atomic E-state index is 14.7. The van der Waals surface area contributed by atoms with Gasteiger partial charge in [-0.05, 0) is 42.7 Å². The Balaban J connectivity index is 1.25. The van der Waals surface area contributed by atoms with Gasteiger partial charge in [0.15, 0.2) is 11.6 Å². The van der Waals surface area contributed by atoms with Crippen LogP contribution in [0.3, 0.4) is 0 Å². The molecule has 1 aliphatic carbocycles. The number of carbonyl (C=O) groups is 4. The van der Waals surface area contributed by atoms with E-state index in [-0.39, 0.29) is 55.6 Å². The van der Waals surface area contributed by atoms with Gasteiger partial charge in [-0.1, -0.05) is 13.0 Å². The maximum Gasteiger partial charge on any atom is 0.243 e. The number of amides is 1. The summed E-state index contributed by atoms with van der Waals surface area (Å²) in [7, 11) is 1.76. The third kappa shape index (κ3) is 4.93. The van der Waals surface area contributed by atoms with Gasteiger partial charge >= 0.3 is 0 Å². The lowest BCUT2D eigenvalue weighted by atomic mass is 9.85. The van der Waals surface area contributed by atoms with E-state index in [1.165, 1.54) is 11.8 Å². The summed E-state index contributed by atoms with van der Waals surface area (Å²) in [6, 6.07) is 6.51. The van der Waals surface area contributed by atoms with Crippen molar-refractivity contribution in [3.8, 4) is 11.1 Å². The molecular weight excluding hydrogens is 539 g/mol. The average molecular weight is 571 g/mol. The molecule has 1 aromatic carbocycles. The number of Topliss-reactive ketones (excluding diaryl/α,β-unsaturated/α-hetero) is 3. The standard InChI is InChI=1S/C31H31FN6O4/c1-17-8-23-25(35-36(3)27(23)12-29(17)40)11-30(41)28-10-21(32)14-38(28)31(42)16-37-15-24(18(2)39)22-9-19(4-5-26(22)37)20-6-7-33-34-13-20/h4-7,9,13,15,17,21,28H,8,10-12,14,16H2,1-3H3/t17?,21-,28+/m1/s1. The minimum absolute atomic E-state index is 0.0289. The SMILES string of the molecule is CC(=O)c1cn(CC(=O)N2C[C@H](F)C[C@H]2C(=O)Cc2nn(C)c3c2CC(C)C(=O)C3)c2ccc(-c3ccnnc3)cc12. The van der Waals surface area contributed by atoms with E-state index in [0.717, 1.165) is 22.4 Å². The predicted octanol–water partition coefficient (Wildman–Crippen LogP) is 3.09. The first-order chi connectivity index (χ1) is 20.1. The molecule has 0 N–H and O–H groups in total. The number of hydrogen-bond acceptors (Lipinski definition) is 7. The van der Waals surface area contributed by atoms with Crippen LogP contribution in [0.25, 0.3) is 22.0 Å². The molecule has 0 saturated carbocycles. The number of fused-ring (bicyclic) bond motifs is 2. The van der Waals surface area contributed by atoms with E-state index >= 15 is 0 Å². The highest BCUT2D eigenvalue weighted by Crippen LogP contribution is 2.30. The van der Waals surface area contributed by atoms with Crippen LogP contribution in [0.15, 0.2) is 42.9 Å². The Morgan fingerprint density at radius 3 is 2.67 bits per heavy atom. The third-order valence-corrected chi connectivity index (χ3v) is 8.53. The van der Waals surface area contributed by atoms with E-state index in [9.17, 15) is 23.6 Å². The van der Waals surface area contributed by atoms with Crippen molar-refractivity contribution in [3.63, 3.8) is 0 Å². The molecule has 3 atom stereocenters. The number of nitrogens with zero attached hydrogens (tertiary/aromatic N) is 6. The summed E-state index contributed by atoms with van der Waals surface area (Å²) in [4.78, 5) is 53.2. The summed E-state index contributed by atoms with van der Waals surface area (Å²) in [5.74, 6) is -0.822. The van der Waals surface area contributed by atoms with Gasteiger partial charge in [0.05, 0.1) is 37.1 Å². The number of ketones is 3. The maximum atomic E-state index is 14.7. The van der Waals surface area contributed by atoms with Gasteiger partial charge in [0.2, 0.25) is 5.91 Å². The van der Waals surface area contributed by atoms with Crippen LogP contribution < -0.4 is 0 Å². The molecule has 4 aromatic rings. The van der Waals surface area contributed by atoms with Crippen molar-refractivity contribution < 1.29 is 23.6 Å². The van der Waals surface area contributed by atoms with Crippen molar-refractivity contribution in [2.24, 2.45) is 13.0 Å². The summed E-state index contributed by atoms with van der Waals surface area (Å²) in [5.41, 5.74) is 5.15. The van der Waals surface area contributed by atoms with Crippen LogP contribution in [-0.4, -0.2) is 71.5 Å². The van der Waals surface area contributed by atoms with Crippen molar-refractivity contribution in [2.75, 3.05) is 6.54 Å². The molecule has 2 aliphatic rings. The molecule has 0 spiro atoms. The molecular formula is C31H31FN6O4. The van der Waals surface area contributed by atoms with Gasteiger partial charge < -0.3 is 9.47 Å². The minimum Gasteiger partial charge on any atom is -0.337 e. The van der Waals surface area contributed by atoms with Gasteiger partial charge in [-0.25, -0.2) is 4.39 Å². The molecule has 1 amide bonds. The van der Waals surface area contributed by atoms with Crippen LogP contribution in [0.4, 0.5) is 4.39 Å². The summed E-state index contributed by atoms with van der Waals surface area (Å²) in [5, 5.41) is 12.9. The number of aromatic nitrogens is 5. The molecule has 11 heteroatoms. The fraction of sp³-hybridized carbons (Fsp3) is 0.387. The summed E-state index contributed by atoms with van der Waals surface area (Å²) in [6.07, 6.45) is 4.25. The Hall–Kier alpha value is -4.54. The van der Waals surface area contributed by atoms with Gasteiger partial charge in [-0.2, -0.15) is 15.3 Å². The van der Waals surface area contributed by atoms with E-state index in [0.29, 0.717) is 28.6 Å². The number of carbonyl (C=O) groups excluding carboxylic acids is 4. The summed E-state index contributed by atoms with van der Waals surface area (Å²) in [6.45, 7) is 3.03. The summed E-state index contributed by atoms with van der Waals surface area (Å²) >= 11 is 0. The molecule has 3 aromatic heterocycles. The van der Waals surface area contributed by atoms with Gasteiger partial charge in [-0.15, -0.1) is 0 Å². The highest BCUT2D eigenvalue weighted by atomic mass is 19.1. The second-order valence-corrected chi connectivity index (χ2v) is 11.4. The van der Waals surface area contributed by atoms with Gasteiger partial charge in [0.25, 0.3) is 0 Å². The topological polar surface area (TPSA) is 120 Å². The first-order valence-corrected chi connectivity index (χ1v) is 14.0. The van der Waals surface area contributed by atoms with Crippen LogP contribution in [0.2, 0.25) is 0 Å². The Morgan fingerprint density at radius 1 is 1.12 bits per heavy atom. The van der Waals surface area contributed by atoms with E-state index in [4.69, 9.17) is 0 Å². The Kier molecular flexibility index (Phi) is 7.04. The number of alkyl halides is 1.